The maximum atomic E-state index is 5.90. The van der Waals surface area contributed by atoms with Gasteiger partial charge in [-0.05, 0) is 37.6 Å². The van der Waals surface area contributed by atoms with E-state index in [9.17, 15) is 0 Å². The summed E-state index contributed by atoms with van der Waals surface area (Å²) in [6, 6.07) is 20.0. The summed E-state index contributed by atoms with van der Waals surface area (Å²) < 4.78 is 5.90. The molecule has 130 valence electrons. The minimum atomic E-state index is -0.129. The van der Waals surface area contributed by atoms with E-state index in [0.717, 1.165) is 24.0 Å². The summed E-state index contributed by atoms with van der Waals surface area (Å²) in [5.74, 6) is 12.8. The molecule has 2 aromatic rings. The second kappa shape index (κ2) is 12.4. The third kappa shape index (κ3) is 8.20. The molecule has 2 rings (SSSR count). The first-order valence-corrected chi connectivity index (χ1v) is 8.88. The monoisotopic (exact) mass is 340 g/mol. The van der Waals surface area contributed by atoms with Crippen molar-refractivity contribution in [1.29, 1.82) is 0 Å². The molecule has 1 atom stereocenters. The number of benzene rings is 2. The number of hydrogen-bond donors (Lipinski definition) is 0. The van der Waals surface area contributed by atoms with Crippen LogP contribution < -0.4 is 0 Å². The van der Waals surface area contributed by atoms with Crippen LogP contribution in [0.2, 0.25) is 0 Å². The molecule has 0 aliphatic carbocycles. The van der Waals surface area contributed by atoms with Crippen molar-refractivity contribution in [3.8, 4) is 23.7 Å². The van der Waals surface area contributed by atoms with Crippen molar-refractivity contribution in [3.05, 3.63) is 96.1 Å². The van der Waals surface area contributed by atoms with E-state index in [-0.39, 0.29) is 6.10 Å². The van der Waals surface area contributed by atoms with Gasteiger partial charge in [0.05, 0.1) is 6.61 Å². The Kier molecular flexibility index (Phi) is 9.20. The quantitative estimate of drug-likeness (QED) is 0.506. The van der Waals surface area contributed by atoms with Crippen LogP contribution in [0.5, 0.6) is 0 Å². The Balaban J connectivity index is 1.93. The molecule has 1 unspecified atom stereocenters. The highest BCUT2D eigenvalue weighted by atomic mass is 16.5. The van der Waals surface area contributed by atoms with Gasteiger partial charge in [0, 0.05) is 17.5 Å². The molecule has 0 aliphatic rings. The van der Waals surface area contributed by atoms with Crippen molar-refractivity contribution in [1.82, 2.24) is 0 Å². The Morgan fingerprint density at radius 2 is 1.54 bits per heavy atom. The van der Waals surface area contributed by atoms with Crippen molar-refractivity contribution in [2.75, 3.05) is 6.61 Å². The van der Waals surface area contributed by atoms with Gasteiger partial charge < -0.3 is 4.74 Å². The summed E-state index contributed by atoms with van der Waals surface area (Å²) in [7, 11) is 0. The molecule has 0 bridgehead atoms. The number of allylic oxidation sites excluding steroid dienone is 3. The van der Waals surface area contributed by atoms with Gasteiger partial charge in [-0.15, -0.1) is 0 Å². The highest BCUT2D eigenvalue weighted by molar-refractivity contribution is 5.35. The Labute approximate surface area is 157 Å². The van der Waals surface area contributed by atoms with E-state index >= 15 is 0 Å². The highest BCUT2D eigenvalue weighted by Gasteiger charge is 2.03. The van der Waals surface area contributed by atoms with Gasteiger partial charge in [-0.1, -0.05) is 84.4 Å². The molecule has 1 heteroatoms. The zero-order chi connectivity index (χ0) is 18.3. The third-order valence-corrected chi connectivity index (χ3v) is 3.52. The summed E-state index contributed by atoms with van der Waals surface area (Å²) >= 11 is 0. The number of rotatable bonds is 6. The van der Waals surface area contributed by atoms with Crippen molar-refractivity contribution >= 4 is 0 Å². The van der Waals surface area contributed by atoms with Gasteiger partial charge in [0.15, 0.2) is 0 Å². The first kappa shape index (κ1) is 19.3. The fraction of sp³-hybridized carbons (Fsp3) is 0.200. The van der Waals surface area contributed by atoms with Crippen LogP contribution in [0.3, 0.4) is 0 Å². The van der Waals surface area contributed by atoms with E-state index in [1.165, 1.54) is 0 Å². The van der Waals surface area contributed by atoms with Crippen LogP contribution in [0.15, 0.2) is 85.0 Å². The summed E-state index contributed by atoms with van der Waals surface area (Å²) in [6.45, 7) is 2.54. The molecule has 0 spiro atoms. The van der Waals surface area contributed by atoms with E-state index in [4.69, 9.17) is 4.74 Å². The summed E-state index contributed by atoms with van der Waals surface area (Å²) in [5, 5.41) is 0. The number of ether oxygens (including phenoxy) is 1. The molecule has 0 amide bonds. The van der Waals surface area contributed by atoms with E-state index in [1.807, 2.05) is 91.9 Å². The van der Waals surface area contributed by atoms with Gasteiger partial charge in [0.1, 0.15) is 6.10 Å². The van der Waals surface area contributed by atoms with Gasteiger partial charge in [0.2, 0.25) is 0 Å². The predicted molar refractivity (Wildman–Crippen MR) is 110 cm³/mol. The van der Waals surface area contributed by atoms with E-state index in [2.05, 4.69) is 23.7 Å². The highest BCUT2D eigenvalue weighted by Crippen LogP contribution is 2.04. The molecular formula is C25H24O. The smallest absolute Gasteiger partial charge is 0.119 e. The van der Waals surface area contributed by atoms with Crippen LogP contribution in [0.25, 0.3) is 0 Å². The molecule has 0 radical (unpaired) electrons. The topological polar surface area (TPSA) is 9.23 Å². The molecule has 0 heterocycles. The van der Waals surface area contributed by atoms with Gasteiger partial charge >= 0.3 is 0 Å². The van der Waals surface area contributed by atoms with Crippen LogP contribution in [0.1, 0.15) is 30.9 Å². The van der Waals surface area contributed by atoms with Crippen LogP contribution in [-0.4, -0.2) is 12.7 Å². The molecule has 0 fully saturated rings. The largest absolute Gasteiger partial charge is 0.361 e. The summed E-state index contributed by atoms with van der Waals surface area (Å²) in [5.41, 5.74) is 2.04. The van der Waals surface area contributed by atoms with Crippen LogP contribution in [0, 0.1) is 23.7 Å². The molecule has 0 aromatic heterocycles. The van der Waals surface area contributed by atoms with Crippen LogP contribution in [0.4, 0.5) is 0 Å². The maximum absolute atomic E-state index is 5.90. The summed E-state index contributed by atoms with van der Waals surface area (Å²) in [4.78, 5) is 0. The first-order chi connectivity index (χ1) is 12.9. The molecule has 0 saturated carbocycles. The second-order valence-electron chi connectivity index (χ2n) is 5.62. The minimum Gasteiger partial charge on any atom is -0.361 e. The Bertz CT molecular complexity index is 808. The van der Waals surface area contributed by atoms with E-state index in [0.29, 0.717) is 6.61 Å². The zero-order valence-electron chi connectivity index (χ0n) is 15.2. The van der Waals surface area contributed by atoms with E-state index in [1.54, 1.807) is 0 Å². The molecular weight excluding hydrogens is 316 g/mol. The molecule has 1 nitrogen and oxygen atoms in total. The predicted octanol–water partition coefficient (Wildman–Crippen LogP) is 5.39. The van der Waals surface area contributed by atoms with Crippen molar-refractivity contribution < 1.29 is 4.74 Å². The minimum absolute atomic E-state index is 0.129. The normalized spacial score (nSPS) is 11.6. The zero-order valence-corrected chi connectivity index (χ0v) is 15.2. The number of hydrogen-bond acceptors (Lipinski definition) is 1. The lowest BCUT2D eigenvalue weighted by Crippen LogP contribution is -2.10. The lowest BCUT2D eigenvalue weighted by molar-refractivity contribution is 0.111. The SMILES string of the molecule is C/C=C/C=C/COC(C#Cc1ccccc1)CCC#Cc1ccccc1. The molecule has 0 aliphatic heterocycles. The van der Waals surface area contributed by atoms with Gasteiger partial charge in [0.25, 0.3) is 0 Å². The Morgan fingerprint density at radius 1 is 0.885 bits per heavy atom. The fourth-order valence-electron chi connectivity index (χ4n) is 2.19. The first-order valence-electron chi connectivity index (χ1n) is 8.88. The van der Waals surface area contributed by atoms with E-state index < -0.39 is 0 Å². The average molecular weight is 340 g/mol. The molecule has 2 aromatic carbocycles. The van der Waals surface area contributed by atoms with Crippen molar-refractivity contribution in [3.63, 3.8) is 0 Å². The lowest BCUT2D eigenvalue weighted by Gasteiger charge is -2.08. The average Bonchev–Trinajstić information content (AvgIpc) is 2.70. The fourth-order valence-corrected chi connectivity index (χ4v) is 2.19. The van der Waals surface area contributed by atoms with Crippen molar-refractivity contribution in [2.24, 2.45) is 0 Å². The second-order valence-corrected chi connectivity index (χ2v) is 5.62. The van der Waals surface area contributed by atoms with Crippen molar-refractivity contribution in [2.45, 2.75) is 25.9 Å². The maximum Gasteiger partial charge on any atom is 0.119 e. The molecule has 0 N–H and O–H groups in total. The third-order valence-electron chi connectivity index (χ3n) is 3.52. The standard InChI is InChI=1S/C25H24O/c1-2-3-4-13-22-26-25(21-20-24-16-9-6-10-17-24)19-12-11-18-23-14-7-5-8-15-23/h2-10,13-17,25H,12,19,22H2,1H3/b3-2+,13-4+. The van der Waals surface area contributed by atoms with Gasteiger partial charge in [-0.2, -0.15) is 0 Å². The Hall–Kier alpha value is -3.00. The Morgan fingerprint density at radius 3 is 2.19 bits per heavy atom. The summed E-state index contributed by atoms with van der Waals surface area (Å²) in [6.07, 6.45) is 9.36. The molecule has 26 heavy (non-hydrogen) atoms. The van der Waals surface area contributed by atoms with Gasteiger partial charge in [-0.25, -0.2) is 0 Å². The van der Waals surface area contributed by atoms with Gasteiger partial charge in [-0.3, -0.25) is 0 Å². The van der Waals surface area contributed by atoms with Crippen LogP contribution >= 0.6 is 0 Å². The lowest BCUT2D eigenvalue weighted by atomic mass is 10.1. The van der Waals surface area contributed by atoms with Crippen LogP contribution in [-0.2, 0) is 4.74 Å². The molecule has 0 saturated heterocycles.